The van der Waals surface area contributed by atoms with Crippen molar-refractivity contribution in [2.75, 3.05) is 0 Å². The molecule has 0 aromatic heterocycles. The summed E-state index contributed by atoms with van der Waals surface area (Å²) in [7, 11) is 0. The fourth-order valence-corrected chi connectivity index (χ4v) is 0.845. The van der Waals surface area contributed by atoms with Gasteiger partial charge in [0.1, 0.15) is 6.10 Å². The van der Waals surface area contributed by atoms with E-state index in [0.29, 0.717) is 6.42 Å². The summed E-state index contributed by atoms with van der Waals surface area (Å²) >= 11 is 0. The van der Waals surface area contributed by atoms with Crippen molar-refractivity contribution in [3.05, 3.63) is 0 Å². The third-order valence-corrected chi connectivity index (χ3v) is 1.30. The van der Waals surface area contributed by atoms with Crippen molar-refractivity contribution in [1.29, 1.82) is 0 Å². The van der Waals surface area contributed by atoms with Crippen molar-refractivity contribution in [2.45, 2.75) is 32.3 Å². The fourth-order valence-electron chi connectivity index (χ4n) is 0.845. The van der Waals surface area contributed by atoms with Crippen LogP contribution >= 0.6 is 0 Å². The minimum Gasteiger partial charge on any atom is -0.462 e. The summed E-state index contributed by atoms with van der Waals surface area (Å²) in [6, 6.07) is 0. The van der Waals surface area contributed by atoms with Gasteiger partial charge < -0.3 is 4.74 Å². The molecule has 8 heavy (non-hydrogen) atoms. The van der Waals surface area contributed by atoms with Crippen LogP contribution in [-0.4, -0.2) is 12.1 Å². The molecule has 1 rings (SSSR count). The third kappa shape index (κ3) is 0.997. The molecule has 1 fully saturated rings. The highest BCUT2D eigenvalue weighted by atomic mass is 16.6. The Morgan fingerprint density at radius 1 is 1.88 bits per heavy atom. The molecule has 0 aromatic rings. The number of hydrogen-bond acceptors (Lipinski definition) is 2. The Bertz CT molecular complexity index is 90.7. The highest BCUT2D eigenvalue weighted by Crippen LogP contribution is 2.17. The van der Waals surface area contributed by atoms with Crippen LogP contribution in [-0.2, 0) is 9.53 Å². The fraction of sp³-hybridized carbons (Fsp3) is 0.833. The standard InChI is InChI=1S/C6H10O2/c1-2-3-5-4-6(7)8-5/h5H,2-4H2,1H3/t5-/m1/s1. The average Bonchev–Trinajstić information content (AvgIpc) is 1.64. The summed E-state index contributed by atoms with van der Waals surface area (Å²) in [5, 5.41) is 0. The molecule has 0 N–H and O–H groups in total. The highest BCUT2D eigenvalue weighted by Gasteiger charge is 2.26. The Morgan fingerprint density at radius 3 is 2.88 bits per heavy atom. The second-order valence-electron chi connectivity index (χ2n) is 2.10. The SMILES string of the molecule is CCC[C@@H]1CC(=O)O1. The van der Waals surface area contributed by atoms with Crippen LogP contribution in [0, 0.1) is 0 Å². The van der Waals surface area contributed by atoms with Crippen LogP contribution in [0.4, 0.5) is 0 Å². The normalized spacial score (nSPS) is 26.6. The molecule has 2 heteroatoms. The topological polar surface area (TPSA) is 26.3 Å². The van der Waals surface area contributed by atoms with Crippen LogP contribution < -0.4 is 0 Å². The maximum absolute atomic E-state index is 10.2. The summed E-state index contributed by atoms with van der Waals surface area (Å²) in [5.74, 6) is -0.0385. The Balaban J connectivity index is 2.06. The van der Waals surface area contributed by atoms with Gasteiger partial charge in [0, 0.05) is 0 Å². The molecule has 0 bridgehead atoms. The van der Waals surface area contributed by atoms with Gasteiger partial charge in [0.15, 0.2) is 0 Å². The van der Waals surface area contributed by atoms with Crippen molar-refractivity contribution in [3.63, 3.8) is 0 Å². The second kappa shape index (κ2) is 2.16. The summed E-state index contributed by atoms with van der Waals surface area (Å²) in [5.41, 5.74) is 0. The lowest BCUT2D eigenvalue weighted by Gasteiger charge is -2.24. The predicted octanol–water partition coefficient (Wildman–Crippen LogP) is 1.10. The molecule has 2 nitrogen and oxygen atoms in total. The van der Waals surface area contributed by atoms with Crippen molar-refractivity contribution >= 4 is 5.97 Å². The Morgan fingerprint density at radius 2 is 2.50 bits per heavy atom. The maximum Gasteiger partial charge on any atom is 0.309 e. The monoisotopic (exact) mass is 114 g/mol. The van der Waals surface area contributed by atoms with Crippen molar-refractivity contribution in [1.82, 2.24) is 0 Å². The van der Waals surface area contributed by atoms with Crippen LogP contribution in [0.1, 0.15) is 26.2 Å². The number of hydrogen-bond donors (Lipinski definition) is 0. The van der Waals surface area contributed by atoms with Gasteiger partial charge in [0.05, 0.1) is 6.42 Å². The number of cyclic esters (lactones) is 1. The first-order chi connectivity index (χ1) is 3.83. The minimum absolute atomic E-state index is 0.0385. The molecular formula is C6H10O2. The van der Waals surface area contributed by atoms with E-state index in [1.807, 2.05) is 0 Å². The third-order valence-electron chi connectivity index (χ3n) is 1.30. The average molecular weight is 114 g/mol. The first kappa shape index (κ1) is 5.60. The van der Waals surface area contributed by atoms with E-state index in [9.17, 15) is 4.79 Å². The van der Waals surface area contributed by atoms with Crippen molar-refractivity contribution < 1.29 is 9.53 Å². The second-order valence-corrected chi connectivity index (χ2v) is 2.10. The lowest BCUT2D eigenvalue weighted by molar-refractivity contribution is -0.169. The van der Waals surface area contributed by atoms with E-state index in [-0.39, 0.29) is 12.1 Å². The zero-order valence-corrected chi connectivity index (χ0v) is 5.02. The highest BCUT2D eigenvalue weighted by molar-refractivity contribution is 5.75. The molecule has 1 heterocycles. The quantitative estimate of drug-likeness (QED) is 0.502. The van der Waals surface area contributed by atoms with Gasteiger partial charge in [0.25, 0.3) is 0 Å². The van der Waals surface area contributed by atoms with E-state index in [0.717, 1.165) is 12.8 Å². The van der Waals surface area contributed by atoms with Gasteiger partial charge in [0.2, 0.25) is 0 Å². The van der Waals surface area contributed by atoms with E-state index in [1.165, 1.54) is 0 Å². The van der Waals surface area contributed by atoms with E-state index in [2.05, 4.69) is 6.92 Å². The van der Waals surface area contributed by atoms with E-state index < -0.39 is 0 Å². The summed E-state index contributed by atoms with van der Waals surface area (Å²) < 4.78 is 4.74. The van der Waals surface area contributed by atoms with E-state index in [1.54, 1.807) is 0 Å². The number of carbonyl (C=O) groups excluding carboxylic acids is 1. The summed E-state index contributed by atoms with van der Waals surface area (Å²) in [6.07, 6.45) is 3.05. The molecule has 1 aliphatic rings. The first-order valence-corrected chi connectivity index (χ1v) is 3.02. The molecule has 0 aromatic carbocycles. The van der Waals surface area contributed by atoms with Crippen LogP contribution in [0.3, 0.4) is 0 Å². The van der Waals surface area contributed by atoms with Crippen molar-refractivity contribution in [3.8, 4) is 0 Å². The van der Waals surface area contributed by atoms with E-state index in [4.69, 9.17) is 4.74 Å². The van der Waals surface area contributed by atoms with Gasteiger partial charge in [-0.2, -0.15) is 0 Å². The molecule has 0 spiro atoms. The van der Waals surface area contributed by atoms with Crippen molar-refractivity contribution in [2.24, 2.45) is 0 Å². The Labute approximate surface area is 48.8 Å². The molecule has 46 valence electrons. The molecular weight excluding hydrogens is 104 g/mol. The Kier molecular flexibility index (Phi) is 1.51. The van der Waals surface area contributed by atoms with Crippen LogP contribution in [0.25, 0.3) is 0 Å². The van der Waals surface area contributed by atoms with Gasteiger partial charge in [-0.1, -0.05) is 13.3 Å². The van der Waals surface area contributed by atoms with Crippen LogP contribution in [0.15, 0.2) is 0 Å². The molecule has 0 aliphatic carbocycles. The van der Waals surface area contributed by atoms with Gasteiger partial charge in [-0.15, -0.1) is 0 Å². The number of carbonyl (C=O) groups is 1. The molecule has 0 amide bonds. The lowest BCUT2D eigenvalue weighted by atomic mass is 10.1. The zero-order valence-electron chi connectivity index (χ0n) is 5.02. The smallest absolute Gasteiger partial charge is 0.309 e. The number of ether oxygens (including phenoxy) is 1. The van der Waals surface area contributed by atoms with Gasteiger partial charge in [-0.3, -0.25) is 4.79 Å². The summed E-state index contributed by atoms with van der Waals surface area (Å²) in [4.78, 5) is 10.2. The number of esters is 1. The van der Waals surface area contributed by atoms with Gasteiger partial charge in [-0.25, -0.2) is 0 Å². The molecule has 1 aliphatic heterocycles. The Hall–Kier alpha value is -0.530. The van der Waals surface area contributed by atoms with Crippen LogP contribution in [0.2, 0.25) is 0 Å². The summed E-state index contributed by atoms with van der Waals surface area (Å²) in [6.45, 7) is 2.09. The molecule has 0 saturated carbocycles. The molecule has 1 saturated heterocycles. The predicted molar refractivity (Wildman–Crippen MR) is 29.4 cm³/mol. The molecule has 0 unspecified atom stereocenters. The van der Waals surface area contributed by atoms with E-state index >= 15 is 0 Å². The maximum atomic E-state index is 10.2. The first-order valence-electron chi connectivity index (χ1n) is 3.02. The van der Waals surface area contributed by atoms with Crippen LogP contribution in [0.5, 0.6) is 0 Å². The van der Waals surface area contributed by atoms with Gasteiger partial charge >= 0.3 is 5.97 Å². The molecule has 1 atom stereocenters. The van der Waals surface area contributed by atoms with Gasteiger partial charge in [-0.05, 0) is 6.42 Å². The minimum atomic E-state index is -0.0385. The largest absolute Gasteiger partial charge is 0.462 e. The zero-order chi connectivity index (χ0) is 5.98. The number of rotatable bonds is 2. The lowest BCUT2D eigenvalue weighted by Crippen LogP contribution is -2.32. The molecule has 0 radical (unpaired) electrons.